The predicted octanol–water partition coefficient (Wildman–Crippen LogP) is 1.28. The molecule has 4 nitrogen and oxygen atoms in total. The molecule has 2 aromatic rings. The molecule has 0 aliphatic heterocycles. The third-order valence-electron chi connectivity index (χ3n) is 1.76. The molecule has 0 saturated carbocycles. The molecule has 0 amide bonds. The third kappa shape index (κ3) is 1.33. The van der Waals surface area contributed by atoms with Gasteiger partial charge in [0.2, 0.25) is 0 Å². The van der Waals surface area contributed by atoms with Crippen molar-refractivity contribution < 1.29 is 4.79 Å². The molecule has 1 heterocycles. The Bertz CT molecular complexity index is 409. The number of aldehydes is 1. The van der Waals surface area contributed by atoms with Crippen LogP contribution in [0.2, 0.25) is 0 Å². The van der Waals surface area contributed by atoms with E-state index >= 15 is 0 Å². The maximum atomic E-state index is 10.7. The molecule has 0 unspecified atom stereocenters. The van der Waals surface area contributed by atoms with Crippen molar-refractivity contribution in [2.75, 3.05) is 0 Å². The van der Waals surface area contributed by atoms with Gasteiger partial charge in [-0.2, -0.15) is 5.10 Å². The molecule has 0 bridgehead atoms. The van der Waals surface area contributed by atoms with Crippen LogP contribution in [0.15, 0.2) is 30.6 Å². The molecule has 0 spiro atoms. The van der Waals surface area contributed by atoms with Crippen molar-refractivity contribution in [3.05, 3.63) is 36.2 Å². The average Bonchev–Trinajstić information content (AvgIpc) is 2.70. The van der Waals surface area contributed by atoms with Crippen LogP contribution < -0.4 is 0 Å². The van der Waals surface area contributed by atoms with Crippen LogP contribution in [-0.4, -0.2) is 21.5 Å². The van der Waals surface area contributed by atoms with E-state index in [1.807, 2.05) is 18.2 Å². The lowest BCUT2D eigenvalue weighted by Crippen LogP contribution is -1.88. The summed E-state index contributed by atoms with van der Waals surface area (Å²) in [5, 5.41) is 6.43. The van der Waals surface area contributed by atoms with Crippen molar-refractivity contribution in [2.24, 2.45) is 0 Å². The second-order valence-corrected chi connectivity index (χ2v) is 2.54. The summed E-state index contributed by atoms with van der Waals surface area (Å²) in [6, 6.07) is 7.23. The van der Waals surface area contributed by atoms with Gasteiger partial charge in [-0.15, -0.1) is 0 Å². The second kappa shape index (κ2) is 3.18. The summed E-state index contributed by atoms with van der Waals surface area (Å²) in [4.78, 5) is 14.6. The van der Waals surface area contributed by atoms with Crippen molar-refractivity contribution in [1.82, 2.24) is 15.2 Å². The first-order valence-electron chi connectivity index (χ1n) is 3.82. The molecule has 0 atom stereocenters. The van der Waals surface area contributed by atoms with Crippen molar-refractivity contribution in [3.63, 3.8) is 0 Å². The number of hydrogen-bond donors (Lipinski definition) is 1. The van der Waals surface area contributed by atoms with Gasteiger partial charge < -0.3 is 0 Å². The number of aromatic amines is 1. The van der Waals surface area contributed by atoms with E-state index in [1.54, 1.807) is 6.07 Å². The topological polar surface area (TPSA) is 58.6 Å². The highest BCUT2D eigenvalue weighted by molar-refractivity contribution is 5.85. The number of hydrogen-bond acceptors (Lipinski definition) is 3. The van der Waals surface area contributed by atoms with Crippen molar-refractivity contribution in [3.8, 4) is 11.4 Å². The number of H-pyrrole nitrogens is 1. The van der Waals surface area contributed by atoms with Gasteiger partial charge in [-0.3, -0.25) is 9.89 Å². The molecule has 4 heteroatoms. The maximum Gasteiger partial charge on any atom is 0.156 e. The first kappa shape index (κ1) is 7.67. The number of nitrogens with zero attached hydrogens (tertiary/aromatic N) is 2. The van der Waals surface area contributed by atoms with Crippen LogP contribution in [0.4, 0.5) is 0 Å². The van der Waals surface area contributed by atoms with E-state index < -0.39 is 0 Å². The Hall–Kier alpha value is -1.97. The van der Waals surface area contributed by atoms with Gasteiger partial charge in [0.15, 0.2) is 12.1 Å². The van der Waals surface area contributed by atoms with Crippen LogP contribution in [0.25, 0.3) is 11.4 Å². The van der Waals surface area contributed by atoms with E-state index in [-0.39, 0.29) is 0 Å². The van der Waals surface area contributed by atoms with Crippen LogP contribution in [0.1, 0.15) is 10.4 Å². The summed E-state index contributed by atoms with van der Waals surface area (Å²) in [6.07, 6.45) is 2.22. The molecular formula is C9H7N3O. The zero-order chi connectivity index (χ0) is 9.10. The molecule has 0 saturated heterocycles. The lowest BCUT2D eigenvalue weighted by Gasteiger charge is -1.98. The number of carbonyl (C=O) groups is 1. The van der Waals surface area contributed by atoms with Crippen LogP contribution in [0.3, 0.4) is 0 Å². The smallest absolute Gasteiger partial charge is 0.156 e. The quantitative estimate of drug-likeness (QED) is 0.696. The highest BCUT2D eigenvalue weighted by Gasteiger charge is 2.04. The highest BCUT2D eigenvalue weighted by Crippen LogP contribution is 2.16. The lowest BCUT2D eigenvalue weighted by molar-refractivity contribution is 0.112. The Labute approximate surface area is 74.6 Å². The number of aromatic nitrogens is 3. The summed E-state index contributed by atoms with van der Waals surface area (Å²) in [6.45, 7) is 0. The van der Waals surface area contributed by atoms with Gasteiger partial charge in [-0.25, -0.2) is 4.98 Å². The fourth-order valence-electron chi connectivity index (χ4n) is 1.15. The standard InChI is InChI=1S/C9H7N3O/c13-5-7-3-1-2-4-8(7)9-10-6-11-12-9/h1-6H,(H,10,11,12). The summed E-state index contributed by atoms with van der Waals surface area (Å²) in [7, 11) is 0. The van der Waals surface area contributed by atoms with Crippen LogP contribution in [-0.2, 0) is 0 Å². The van der Waals surface area contributed by atoms with E-state index in [9.17, 15) is 4.79 Å². The van der Waals surface area contributed by atoms with E-state index in [0.717, 1.165) is 11.8 Å². The minimum atomic E-state index is 0.610. The Morgan fingerprint density at radius 2 is 2.15 bits per heavy atom. The number of nitrogens with one attached hydrogen (secondary N) is 1. The Balaban J connectivity index is 2.57. The highest BCUT2D eigenvalue weighted by atomic mass is 16.1. The summed E-state index contributed by atoms with van der Waals surface area (Å²) in [5.74, 6) is 0.614. The van der Waals surface area contributed by atoms with E-state index in [1.165, 1.54) is 6.33 Å². The number of rotatable bonds is 2. The van der Waals surface area contributed by atoms with Crippen molar-refractivity contribution in [2.45, 2.75) is 0 Å². The third-order valence-corrected chi connectivity index (χ3v) is 1.76. The Morgan fingerprint density at radius 1 is 1.31 bits per heavy atom. The molecule has 1 N–H and O–H groups in total. The summed E-state index contributed by atoms with van der Waals surface area (Å²) < 4.78 is 0. The predicted molar refractivity (Wildman–Crippen MR) is 47.2 cm³/mol. The molecular weight excluding hydrogens is 166 g/mol. The van der Waals surface area contributed by atoms with Crippen LogP contribution in [0, 0.1) is 0 Å². The van der Waals surface area contributed by atoms with Gasteiger partial charge in [-0.05, 0) is 0 Å². The molecule has 2 rings (SSSR count). The molecule has 0 radical (unpaired) electrons. The minimum absolute atomic E-state index is 0.610. The van der Waals surface area contributed by atoms with Gasteiger partial charge in [0.25, 0.3) is 0 Å². The second-order valence-electron chi connectivity index (χ2n) is 2.54. The minimum Gasteiger partial charge on any atom is -0.298 e. The maximum absolute atomic E-state index is 10.7. The van der Waals surface area contributed by atoms with Gasteiger partial charge in [0.1, 0.15) is 6.33 Å². The normalized spacial score (nSPS) is 9.85. The van der Waals surface area contributed by atoms with E-state index in [0.29, 0.717) is 11.4 Å². The lowest BCUT2D eigenvalue weighted by atomic mass is 10.1. The van der Waals surface area contributed by atoms with Crippen LogP contribution in [0.5, 0.6) is 0 Å². The van der Waals surface area contributed by atoms with Gasteiger partial charge in [-0.1, -0.05) is 24.3 Å². The fraction of sp³-hybridized carbons (Fsp3) is 0. The molecule has 13 heavy (non-hydrogen) atoms. The Morgan fingerprint density at radius 3 is 2.85 bits per heavy atom. The molecule has 0 aliphatic carbocycles. The largest absolute Gasteiger partial charge is 0.298 e. The SMILES string of the molecule is O=Cc1ccccc1-c1ncn[nH]1. The van der Waals surface area contributed by atoms with Gasteiger partial charge >= 0.3 is 0 Å². The molecule has 0 fully saturated rings. The van der Waals surface area contributed by atoms with Crippen molar-refractivity contribution >= 4 is 6.29 Å². The van der Waals surface area contributed by atoms with Crippen molar-refractivity contribution in [1.29, 1.82) is 0 Å². The summed E-state index contributed by atoms with van der Waals surface area (Å²) in [5.41, 5.74) is 1.38. The molecule has 64 valence electrons. The van der Waals surface area contributed by atoms with E-state index in [4.69, 9.17) is 0 Å². The molecule has 1 aromatic heterocycles. The van der Waals surface area contributed by atoms with Gasteiger partial charge in [0.05, 0.1) is 0 Å². The summed E-state index contributed by atoms with van der Waals surface area (Å²) >= 11 is 0. The molecule has 0 aliphatic rings. The number of benzene rings is 1. The Kier molecular flexibility index (Phi) is 1.88. The fourth-order valence-corrected chi connectivity index (χ4v) is 1.15. The zero-order valence-electron chi connectivity index (χ0n) is 6.77. The average molecular weight is 173 g/mol. The van der Waals surface area contributed by atoms with E-state index in [2.05, 4.69) is 15.2 Å². The first-order valence-corrected chi connectivity index (χ1v) is 3.82. The first-order chi connectivity index (χ1) is 6.42. The number of carbonyl (C=O) groups excluding carboxylic acids is 1. The zero-order valence-corrected chi connectivity index (χ0v) is 6.77. The molecule has 1 aromatic carbocycles. The van der Waals surface area contributed by atoms with Gasteiger partial charge in [0, 0.05) is 11.1 Å². The monoisotopic (exact) mass is 173 g/mol. The van der Waals surface area contributed by atoms with Crippen LogP contribution >= 0.6 is 0 Å².